The fourth-order valence-corrected chi connectivity index (χ4v) is 1.79. The Morgan fingerprint density at radius 3 is 2.83 bits per heavy atom. The Balaban J connectivity index is 2.90. The molecule has 0 radical (unpaired) electrons. The largest absolute Gasteiger partial charge is 0.382 e. The molecule has 1 unspecified atom stereocenters. The maximum absolute atomic E-state index is 5.50. The van der Waals surface area contributed by atoms with Crippen molar-refractivity contribution in [3.63, 3.8) is 0 Å². The van der Waals surface area contributed by atoms with Gasteiger partial charge in [0.1, 0.15) is 0 Å². The van der Waals surface area contributed by atoms with Gasteiger partial charge in [-0.1, -0.05) is 6.92 Å². The standard InChI is InChI=1S/C9H21NOS/c1-3-11-5-4-6-12-8-9(2)7-10/h9H,3-8,10H2,1-2H3. The molecule has 0 aromatic heterocycles. The van der Waals surface area contributed by atoms with Crippen molar-refractivity contribution in [1.29, 1.82) is 0 Å². The Bertz CT molecular complexity index is 90.6. The van der Waals surface area contributed by atoms with Gasteiger partial charge in [0.2, 0.25) is 0 Å². The van der Waals surface area contributed by atoms with E-state index in [9.17, 15) is 0 Å². The van der Waals surface area contributed by atoms with Crippen LogP contribution < -0.4 is 5.73 Å². The van der Waals surface area contributed by atoms with E-state index >= 15 is 0 Å². The van der Waals surface area contributed by atoms with Crippen molar-refractivity contribution in [3.8, 4) is 0 Å². The SMILES string of the molecule is CCOCCCSCC(C)CN. The molecule has 0 aliphatic rings. The molecule has 0 saturated heterocycles. The van der Waals surface area contributed by atoms with Crippen molar-refractivity contribution in [2.24, 2.45) is 11.7 Å². The molecular formula is C9H21NOS. The van der Waals surface area contributed by atoms with Crippen LogP contribution in [-0.4, -0.2) is 31.3 Å². The molecule has 0 aliphatic carbocycles. The van der Waals surface area contributed by atoms with Crippen LogP contribution in [0.2, 0.25) is 0 Å². The third-order valence-corrected chi connectivity index (χ3v) is 2.97. The first-order chi connectivity index (χ1) is 5.81. The van der Waals surface area contributed by atoms with Crippen LogP contribution in [0.15, 0.2) is 0 Å². The summed E-state index contributed by atoms with van der Waals surface area (Å²) in [5.74, 6) is 3.04. The normalized spacial score (nSPS) is 13.2. The van der Waals surface area contributed by atoms with Gasteiger partial charge in [0, 0.05) is 13.2 Å². The number of thioether (sulfide) groups is 1. The second kappa shape index (κ2) is 9.36. The molecule has 0 aliphatic heterocycles. The van der Waals surface area contributed by atoms with Gasteiger partial charge in [0.05, 0.1) is 0 Å². The highest BCUT2D eigenvalue weighted by Crippen LogP contribution is 2.08. The first-order valence-corrected chi connectivity index (χ1v) is 5.82. The van der Waals surface area contributed by atoms with Crippen LogP contribution in [0.4, 0.5) is 0 Å². The molecule has 2 nitrogen and oxygen atoms in total. The third-order valence-electron chi connectivity index (χ3n) is 1.59. The Morgan fingerprint density at radius 2 is 2.25 bits per heavy atom. The lowest BCUT2D eigenvalue weighted by Crippen LogP contribution is -2.13. The molecule has 0 aromatic carbocycles. The van der Waals surface area contributed by atoms with Crippen LogP contribution in [0, 0.1) is 5.92 Å². The van der Waals surface area contributed by atoms with Gasteiger partial charge >= 0.3 is 0 Å². The van der Waals surface area contributed by atoms with Crippen LogP contribution in [0.5, 0.6) is 0 Å². The molecule has 74 valence electrons. The maximum Gasteiger partial charge on any atom is 0.0473 e. The first kappa shape index (κ1) is 12.3. The van der Waals surface area contributed by atoms with Crippen molar-refractivity contribution >= 4 is 11.8 Å². The lowest BCUT2D eigenvalue weighted by Gasteiger charge is -2.07. The van der Waals surface area contributed by atoms with E-state index in [1.54, 1.807) is 0 Å². The highest BCUT2D eigenvalue weighted by Gasteiger charge is 1.97. The molecule has 0 rings (SSSR count). The summed E-state index contributed by atoms with van der Waals surface area (Å²) in [6.07, 6.45) is 1.16. The number of nitrogens with two attached hydrogens (primary N) is 1. The van der Waals surface area contributed by atoms with Crippen LogP contribution in [0.25, 0.3) is 0 Å². The summed E-state index contributed by atoms with van der Waals surface area (Å²) in [4.78, 5) is 0. The van der Waals surface area contributed by atoms with E-state index in [0.717, 1.165) is 26.2 Å². The van der Waals surface area contributed by atoms with Gasteiger partial charge in [0.25, 0.3) is 0 Å². The zero-order valence-electron chi connectivity index (χ0n) is 8.21. The highest BCUT2D eigenvalue weighted by atomic mass is 32.2. The molecule has 12 heavy (non-hydrogen) atoms. The molecule has 0 amide bonds. The smallest absolute Gasteiger partial charge is 0.0473 e. The number of rotatable bonds is 8. The van der Waals surface area contributed by atoms with E-state index in [2.05, 4.69) is 6.92 Å². The van der Waals surface area contributed by atoms with Crippen LogP contribution in [0.3, 0.4) is 0 Å². The fraction of sp³-hybridized carbons (Fsp3) is 1.00. The van der Waals surface area contributed by atoms with E-state index in [1.807, 2.05) is 18.7 Å². The predicted octanol–water partition coefficient (Wildman–Crippen LogP) is 1.74. The molecule has 3 heteroatoms. The van der Waals surface area contributed by atoms with Gasteiger partial charge in [-0.15, -0.1) is 0 Å². The summed E-state index contributed by atoms with van der Waals surface area (Å²) in [5, 5.41) is 0. The molecule has 0 spiro atoms. The average Bonchev–Trinajstić information content (AvgIpc) is 2.10. The monoisotopic (exact) mass is 191 g/mol. The minimum Gasteiger partial charge on any atom is -0.382 e. The summed E-state index contributed by atoms with van der Waals surface area (Å²) in [7, 11) is 0. The molecule has 0 saturated carbocycles. The van der Waals surface area contributed by atoms with Crippen molar-refractivity contribution in [2.75, 3.05) is 31.3 Å². The van der Waals surface area contributed by atoms with Crippen LogP contribution >= 0.6 is 11.8 Å². The molecule has 1 atom stereocenters. The maximum atomic E-state index is 5.50. The van der Waals surface area contributed by atoms with Gasteiger partial charge in [-0.3, -0.25) is 0 Å². The molecule has 0 fully saturated rings. The van der Waals surface area contributed by atoms with Gasteiger partial charge < -0.3 is 10.5 Å². The van der Waals surface area contributed by atoms with Gasteiger partial charge in [-0.25, -0.2) is 0 Å². The Kier molecular flexibility index (Phi) is 9.57. The number of hydrogen-bond acceptors (Lipinski definition) is 3. The Hall–Kier alpha value is 0.270. The van der Waals surface area contributed by atoms with Gasteiger partial charge in [0.15, 0.2) is 0 Å². The van der Waals surface area contributed by atoms with Crippen molar-refractivity contribution < 1.29 is 4.74 Å². The summed E-state index contributed by atoms with van der Waals surface area (Å²) >= 11 is 1.98. The van der Waals surface area contributed by atoms with Crippen LogP contribution in [-0.2, 0) is 4.74 Å². The van der Waals surface area contributed by atoms with E-state index in [0.29, 0.717) is 5.92 Å². The average molecular weight is 191 g/mol. The minimum absolute atomic E-state index is 0.655. The fourth-order valence-electron chi connectivity index (χ4n) is 0.760. The number of ether oxygens (including phenoxy) is 1. The molecule has 0 aromatic rings. The second-order valence-electron chi connectivity index (χ2n) is 2.97. The first-order valence-electron chi connectivity index (χ1n) is 4.66. The lowest BCUT2D eigenvalue weighted by atomic mass is 10.2. The molecular weight excluding hydrogens is 170 g/mol. The lowest BCUT2D eigenvalue weighted by molar-refractivity contribution is 0.149. The summed E-state index contributed by atoms with van der Waals surface area (Å²) in [5.41, 5.74) is 5.50. The minimum atomic E-state index is 0.655. The van der Waals surface area contributed by atoms with E-state index in [-0.39, 0.29) is 0 Å². The Labute approximate surface area is 80.2 Å². The summed E-state index contributed by atoms with van der Waals surface area (Å²) in [6, 6.07) is 0. The second-order valence-corrected chi connectivity index (χ2v) is 4.12. The number of hydrogen-bond donors (Lipinski definition) is 1. The Morgan fingerprint density at radius 1 is 1.50 bits per heavy atom. The van der Waals surface area contributed by atoms with E-state index in [4.69, 9.17) is 10.5 Å². The van der Waals surface area contributed by atoms with E-state index < -0.39 is 0 Å². The van der Waals surface area contributed by atoms with Crippen molar-refractivity contribution in [2.45, 2.75) is 20.3 Å². The van der Waals surface area contributed by atoms with Gasteiger partial charge in [-0.2, -0.15) is 11.8 Å². The predicted molar refractivity (Wildman–Crippen MR) is 56.7 cm³/mol. The topological polar surface area (TPSA) is 35.2 Å². The molecule has 0 bridgehead atoms. The third kappa shape index (κ3) is 8.37. The quantitative estimate of drug-likeness (QED) is 0.594. The van der Waals surface area contributed by atoms with Crippen LogP contribution in [0.1, 0.15) is 20.3 Å². The summed E-state index contributed by atoms with van der Waals surface area (Å²) in [6.45, 7) is 6.77. The molecule has 2 N–H and O–H groups in total. The highest BCUT2D eigenvalue weighted by molar-refractivity contribution is 7.99. The zero-order chi connectivity index (χ0) is 9.23. The molecule has 0 heterocycles. The van der Waals surface area contributed by atoms with Gasteiger partial charge in [-0.05, 0) is 37.3 Å². The zero-order valence-corrected chi connectivity index (χ0v) is 9.03. The van der Waals surface area contributed by atoms with Crippen molar-refractivity contribution in [1.82, 2.24) is 0 Å². The van der Waals surface area contributed by atoms with E-state index in [1.165, 1.54) is 11.5 Å². The van der Waals surface area contributed by atoms with Crippen molar-refractivity contribution in [3.05, 3.63) is 0 Å². The summed E-state index contributed by atoms with van der Waals surface area (Å²) < 4.78 is 5.23.